The minimum atomic E-state index is -0.678. The summed E-state index contributed by atoms with van der Waals surface area (Å²) >= 11 is 12.1. The highest BCUT2D eigenvalue weighted by Gasteiger charge is 2.18. The van der Waals surface area contributed by atoms with Crippen LogP contribution < -0.4 is 0 Å². The molecule has 0 aromatic heterocycles. The summed E-state index contributed by atoms with van der Waals surface area (Å²) in [6.07, 6.45) is 3.55. The molecule has 0 saturated heterocycles. The van der Waals surface area contributed by atoms with E-state index in [1.54, 1.807) is 12.1 Å². The Labute approximate surface area is 128 Å². The van der Waals surface area contributed by atoms with Gasteiger partial charge < -0.3 is 4.74 Å². The van der Waals surface area contributed by atoms with E-state index in [0.717, 1.165) is 5.56 Å². The number of halogens is 2. The Morgan fingerprint density at radius 1 is 1.30 bits per heavy atom. The van der Waals surface area contributed by atoms with Crippen LogP contribution in [0.3, 0.4) is 0 Å². The van der Waals surface area contributed by atoms with Crippen molar-refractivity contribution in [2.24, 2.45) is 5.41 Å². The molecule has 5 heteroatoms. The van der Waals surface area contributed by atoms with E-state index in [0.29, 0.717) is 16.5 Å². The van der Waals surface area contributed by atoms with E-state index in [4.69, 9.17) is 23.2 Å². The van der Waals surface area contributed by atoms with Crippen LogP contribution in [0.1, 0.15) is 26.3 Å². The molecule has 0 atom stereocenters. The van der Waals surface area contributed by atoms with Gasteiger partial charge in [-0.3, -0.25) is 4.79 Å². The van der Waals surface area contributed by atoms with E-state index in [1.165, 1.54) is 13.0 Å². The average Bonchev–Trinajstić information content (AvgIpc) is 2.32. The smallest absolute Gasteiger partial charge is 0.338 e. The van der Waals surface area contributed by atoms with Gasteiger partial charge in [0, 0.05) is 13.0 Å². The second-order valence-electron chi connectivity index (χ2n) is 5.12. The molecule has 20 heavy (non-hydrogen) atoms. The molecule has 0 aliphatic rings. The van der Waals surface area contributed by atoms with Crippen molar-refractivity contribution < 1.29 is 14.3 Å². The summed E-state index contributed by atoms with van der Waals surface area (Å²) in [7, 11) is 0. The van der Waals surface area contributed by atoms with Crippen molar-refractivity contribution in [1.82, 2.24) is 0 Å². The predicted molar refractivity (Wildman–Crippen MR) is 79.9 cm³/mol. The third kappa shape index (κ3) is 5.35. The summed E-state index contributed by atoms with van der Waals surface area (Å²) in [6, 6.07) is 5.44. The molecule has 0 N–H and O–H groups in total. The number of allylic oxidation sites excluding steroid dienone is 1. The van der Waals surface area contributed by atoms with E-state index in [1.807, 2.05) is 26.0 Å². The zero-order chi connectivity index (χ0) is 15.3. The fourth-order valence-electron chi connectivity index (χ4n) is 1.70. The lowest BCUT2D eigenvalue weighted by Gasteiger charge is -2.21. The molecule has 0 spiro atoms. The summed E-state index contributed by atoms with van der Waals surface area (Å²) in [6.45, 7) is 5.08. The van der Waals surface area contributed by atoms with Crippen molar-refractivity contribution in [2.75, 3.05) is 0 Å². The van der Waals surface area contributed by atoms with Gasteiger partial charge >= 0.3 is 11.9 Å². The van der Waals surface area contributed by atoms with Crippen LogP contribution in [-0.4, -0.2) is 11.9 Å². The molecule has 0 bridgehead atoms. The van der Waals surface area contributed by atoms with Gasteiger partial charge in [0.1, 0.15) is 0 Å². The highest BCUT2D eigenvalue weighted by Crippen LogP contribution is 2.31. The number of hydrogen-bond acceptors (Lipinski definition) is 3. The topological polar surface area (TPSA) is 43.4 Å². The van der Waals surface area contributed by atoms with Gasteiger partial charge in [0.15, 0.2) is 0 Å². The molecule has 1 rings (SSSR count). The van der Waals surface area contributed by atoms with Crippen LogP contribution in [0.4, 0.5) is 0 Å². The van der Waals surface area contributed by atoms with Crippen molar-refractivity contribution in [3.05, 3.63) is 46.0 Å². The Balaban J connectivity index is 2.79. The van der Waals surface area contributed by atoms with Gasteiger partial charge in [-0.2, -0.15) is 0 Å². The molecular weight excluding hydrogens is 299 g/mol. The first-order valence-electron chi connectivity index (χ1n) is 6.06. The average molecular weight is 315 g/mol. The van der Waals surface area contributed by atoms with Crippen molar-refractivity contribution in [1.29, 1.82) is 0 Å². The molecule has 0 heterocycles. The highest BCUT2D eigenvalue weighted by atomic mass is 35.5. The Morgan fingerprint density at radius 3 is 2.55 bits per heavy atom. The first-order valence-corrected chi connectivity index (χ1v) is 6.81. The number of benzene rings is 1. The van der Waals surface area contributed by atoms with Crippen molar-refractivity contribution >= 4 is 35.1 Å². The van der Waals surface area contributed by atoms with Crippen LogP contribution in [0.5, 0.6) is 0 Å². The predicted octanol–water partition coefficient (Wildman–Crippen LogP) is 4.21. The number of hydrogen-bond donors (Lipinski definition) is 0. The molecule has 1 aromatic rings. The minimum Gasteiger partial charge on any atom is -0.390 e. The number of carbonyl (C=O) groups is 2. The van der Waals surface area contributed by atoms with Gasteiger partial charge in [-0.15, -0.1) is 0 Å². The number of ether oxygens (including phenoxy) is 1. The Hall–Kier alpha value is -1.32. The molecule has 0 saturated carbocycles. The summed E-state index contributed by atoms with van der Waals surface area (Å²) in [5.74, 6) is -1.31. The fourth-order valence-corrected chi connectivity index (χ4v) is 2.09. The molecule has 0 aliphatic heterocycles. The molecule has 0 unspecified atom stereocenters. The normalized spacial score (nSPS) is 11.7. The van der Waals surface area contributed by atoms with E-state index in [-0.39, 0.29) is 5.41 Å². The Kier molecular flexibility index (Phi) is 5.78. The number of esters is 2. The van der Waals surface area contributed by atoms with Gasteiger partial charge in [-0.25, -0.2) is 4.79 Å². The van der Waals surface area contributed by atoms with Crippen molar-refractivity contribution in [2.45, 2.75) is 27.2 Å². The van der Waals surface area contributed by atoms with Crippen LogP contribution in [-0.2, 0) is 20.7 Å². The largest absolute Gasteiger partial charge is 0.390 e. The van der Waals surface area contributed by atoms with Crippen molar-refractivity contribution in [3.8, 4) is 0 Å². The zero-order valence-electron chi connectivity index (χ0n) is 11.6. The molecule has 0 radical (unpaired) electrons. The summed E-state index contributed by atoms with van der Waals surface area (Å²) < 4.78 is 4.43. The van der Waals surface area contributed by atoms with Crippen molar-refractivity contribution in [3.63, 3.8) is 0 Å². The maximum absolute atomic E-state index is 11.3. The second kappa shape index (κ2) is 6.91. The monoisotopic (exact) mass is 314 g/mol. The quantitative estimate of drug-likeness (QED) is 0.475. The minimum absolute atomic E-state index is 0.329. The van der Waals surface area contributed by atoms with Crippen LogP contribution in [0.25, 0.3) is 0 Å². The zero-order valence-corrected chi connectivity index (χ0v) is 13.1. The third-order valence-electron chi connectivity index (χ3n) is 2.59. The summed E-state index contributed by atoms with van der Waals surface area (Å²) in [4.78, 5) is 21.9. The fraction of sp³-hybridized carbons (Fsp3) is 0.333. The van der Waals surface area contributed by atoms with E-state index >= 15 is 0 Å². The summed E-state index contributed by atoms with van der Waals surface area (Å²) in [5, 5.41) is 1.02. The first kappa shape index (κ1) is 16.7. The first-order chi connectivity index (χ1) is 9.21. The second-order valence-corrected chi connectivity index (χ2v) is 5.91. The van der Waals surface area contributed by atoms with Gasteiger partial charge in [0.05, 0.1) is 10.0 Å². The third-order valence-corrected chi connectivity index (χ3v) is 3.45. The number of rotatable bonds is 4. The Morgan fingerprint density at radius 2 is 1.95 bits per heavy atom. The molecule has 3 nitrogen and oxygen atoms in total. The molecular formula is C15H16Cl2O3. The van der Waals surface area contributed by atoms with Crippen LogP contribution in [0.15, 0.2) is 30.4 Å². The number of carbonyl (C=O) groups excluding carboxylic acids is 2. The SMILES string of the molecule is CC(=O)OC(=O)C=CC(C)(C)Cc1cccc(Cl)c1Cl. The van der Waals surface area contributed by atoms with Gasteiger partial charge in [-0.1, -0.05) is 55.3 Å². The van der Waals surface area contributed by atoms with Crippen LogP contribution >= 0.6 is 23.2 Å². The van der Waals surface area contributed by atoms with Crippen LogP contribution in [0.2, 0.25) is 10.0 Å². The molecule has 0 fully saturated rings. The molecule has 0 aliphatic carbocycles. The van der Waals surface area contributed by atoms with Gasteiger partial charge in [0.2, 0.25) is 0 Å². The standard InChI is InChI=1S/C15H16Cl2O3/c1-10(18)20-13(19)7-8-15(2,3)9-11-5-4-6-12(16)14(11)17/h4-8H,9H2,1-3H3. The van der Waals surface area contributed by atoms with Crippen LogP contribution in [0, 0.1) is 5.41 Å². The molecule has 0 amide bonds. The van der Waals surface area contributed by atoms with Gasteiger partial charge in [-0.05, 0) is 23.5 Å². The maximum atomic E-state index is 11.3. The molecule has 108 valence electrons. The molecule has 1 aromatic carbocycles. The Bertz CT molecular complexity index is 548. The van der Waals surface area contributed by atoms with E-state index in [9.17, 15) is 9.59 Å². The van der Waals surface area contributed by atoms with E-state index < -0.39 is 11.9 Å². The lowest BCUT2D eigenvalue weighted by Crippen LogP contribution is -2.14. The van der Waals surface area contributed by atoms with Gasteiger partial charge in [0.25, 0.3) is 0 Å². The lowest BCUT2D eigenvalue weighted by molar-refractivity contribution is -0.154. The maximum Gasteiger partial charge on any atom is 0.338 e. The highest BCUT2D eigenvalue weighted by molar-refractivity contribution is 6.42. The summed E-state index contributed by atoms with van der Waals surface area (Å²) in [5.41, 5.74) is 0.568. The van der Waals surface area contributed by atoms with E-state index in [2.05, 4.69) is 4.74 Å². The lowest BCUT2D eigenvalue weighted by atomic mass is 9.85.